The molecule has 1 aliphatic rings. The van der Waals surface area contributed by atoms with Gasteiger partial charge in [0.05, 0.1) is 12.7 Å². The highest BCUT2D eigenvalue weighted by Crippen LogP contribution is 2.44. The number of nitrogens with zero attached hydrogens (tertiary/aromatic N) is 1. The Labute approximate surface area is 176 Å². The molecule has 2 aromatic rings. The molecule has 0 amide bonds. The van der Waals surface area contributed by atoms with Gasteiger partial charge in [0.2, 0.25) is 0 Å². The van der Waals surface area contributed by atoms with Crippen LogP contribution in [-0.2, 0) is 16.7 Å². The molecule has 0 aliphatic carbocycles. The summed E-state index contributed by atoms with van der Waals surface area (Å²) in [4.78, 5) is 2.13. The first-order valence-corrected chi connectivity index (χ1v) is 10.6. The molecule has 1 fully saturated rings. The van der Waals surface area contributed by atoms with E-state index in [1.165, 1.54) is 16.8 Å². The Morgan fingerprint density at radius 3 is 2.31 bits per heavy atom. The molecular formula is C25H36N2O2. The number of nitrogens with one attached hydrogen (secondary N) is 1. The third-order valence-corrected chi connectivity index (χ3v) is 6.10. The minimum absolute atomic E-state index is 0.0970. The van der Waals surface area contributed by atoms with Gasteiger partial charge in [-0.1, -0.05) is 24.3 Å². The molecule has 0 radical (unpaired) electrons. The van der Waals surface area contributed by atoms with Gasteiger partial charge < -0.3 is 19.7 Å². The van der Waals surface area contributed by atoms with E-state index < -0.39 is 0 Å². The SMILES string of the molecule is COc1ccc([C@@]2(CCNCc3ccc(N(C)C)cc3)CCOC(C)(C)C2)cc1. The van der Waals surface area contributed by atoms with Gasteiger partial charge in [-0.25, -0.2) is 0 Å². The van der Waals surface area contributed by atoms with Gasteiger partial charge in [0.1, 0.15) is 5.75 Å². The van der Waals surface area contributed by atoms with Crippen LogP contribution in [0.2, 0.25) is 0 Å². The molecule has 29 heavy (non-hydrogen) atoms. The molecule has 4 heteroatoms. The van der Waals surface area contributed by atoms with Crippen LogP contribution >= 0.6 is 0 Å². The second-order valence-corrected chi connectivity index (χ2v) is 9.03. The van der Waals surface area contributed by atoms with Gasteiger partial charge in [-0.05, 0) is 75.0 Å². The van der Waals surface area contributed by atoms with Crippen LogP contribution in [0.1, 0.15) is 44.2 Å². The Hall–Kier alpha value is -2.04. The molecule has 2 aromatic carbocycles. The second kappa shape index (κ2) is 9.19. The number of methoxy groups -OCH3 is 1. The van der Waals surface area contributed by atoms with Crippen molar-refractivity contribution in [2.45, 2.75) is 50.7 Å². The molecule has 1 aliphatic heterocycles. The Bertz CT molecular complexity index is 768. The molecule has 1 N–H and O–H groups in total. The number of benzene rings is 2. The fraction of sp³-hybridized carbons (Fsp3) is 0.520. The topological polar surface area (TPSA) is 33.7 Å². The molecule has 0 spiro atoms. The quantitative estimate of drug-likeness (QED) is 0.652. The highest BCUT2D eigenvalue weighted by atomic mass is 16.5. The summed E-state index contributed by atoms with van der Waals surface area (Å²) >= 11 is 0. The minimum atomic E-state index is -0.0970. The molecule has 4 nitrogen and oxygen atoms in total. The predicted octanol–water partition coefficient (Wildman–Crippen LogP) is 4.77. The van der Waals surface area contributed by atoms with Crippen LogP contribution in [0, 0.1) is 0 Å². The van der Waals surface area contributed by atoms with E-state index in [0.29, 0.717) is 0 Å². The van der Waals surface area contributed by atoms with Crippen LogP contribution < -0.4 is 15.0 Å². The lowest BCUT2D eigenvalue weighted by molar-refractivity contribution is -0.0840. The van der Waals surface area contributed by atoms with E-state index in [4.69, 9.17) is 9.47 Å². The maximum Gasteiger partial charge on any atom is 0.118 e. The third-order valence-electron chi connectivity index (χ3n) is 6.10. The lowest BCUT2D eigenvalue weighted by Gasteiger charge is -2.45. The third kappa shape index (κ3) is 5.52. The zero-order valence-corrected chi connectivity index (χ0v) is 18.6. The van der Waals surface area contributed by atoms with Crippen molar-refractivity contribution in [1.29, 1.82) is 0 Å². The summed E-state index contributed by atoms with van der Waals surface area (Å²) in [6.07, 6.45) is 3.19. The van der Waals surface area contributed by atoms with Crippen molar-refractivity contribution in [2.75, 3.05) is 39.3 Å². The number of ether oxygens (including phenoxy) is 2. The number of anilines is 1. The van der Waals surface area contributed by atoms with Crippen LogP contribution in [0.3, 0.4) is 0 Å². The maximum atomic E-state index is 6.04. The van der Waals surface area contributed by atoms with E-state index in [9.17, 15) is 0 Å². The van der Waals surface area contributed by atoms with E-state index >= 15 is 0 Å². The predicted molar refractivity (Wildman–Crippen MR) is 121 cm³/mol. The molecule has 0 aromatic heterocycles. The lowest BCUT2D eigenvalue weighted by atomic mass is 9.67. The van der Waals surface area contributed by atoms with Crippen molar-refractivity contribution in [3.63, 3.8) is 0 Å². The molecule has 0 saturated carbocycles. The summed E-state index contributed by atoms with van der Waals surface area (Å²) in [5.74, 6) is 0.912. The summed E-state index contributed by atoms with van der Waals surface area (Å²) < 4.78 is 11.4. The first-order chi connectivity index (χ1) is 13.8. The molecule has 1 atom stereocenters. The lowest BCUT2D eigenvalue weighted by Crippen LogP contribution is -2.45. The summed E-state index contributed by atoms with van der Waals surface area (Å²) in [5, 5.41) is 3.66. The molecule has 0 unspecified atom stereocenters. The van der Waals surface area contributed by atoms with Gasteiger partial charge in [-0.15, -0.1) is 0 Å². The van der Waals surface area contributed by atoms with Crippen molar-refractivity contribution in [2.24, 2.45) is 0 Å². The first kappa shape index (κ1) is 21.7. The highest BCUT2D eigenvalue weighted by molar-refractivity contribution is 5.46. The second-order valence-electron chi connectivity index (χ2n) is 9.03. The fourth-order valence-electron chi connectivity index (χ4n) is 4.50. The van der Waals surface area contributed by atoms with Crippen molar-refractivity contribution in [3.8, 4) is 5.75 Å². The van der Waals surface area contributed by atoms with Gasteiger partial charge in [0.25, 0.3) is 0 Å². The summed E-state index contributed by atoms with van der Waals surface area (Å²) in [5.41, 5.74) is 3.99. The van der Waals surface area contributed by atoms with E-state index in [-0.39, 0.29) is 11.0 Å². The zero-order valence-electron chi connectivity index (χ0n) is 18.6. The van der Waals surface area contributed by atoms with Crippen LogP contribution in [0.5, 0.6) is 5.75 Å². The monoisotopic (exact) mass is 396 g/mol. The van der Waals surface area contributed by atoms with Crippen molar-refractivity contribution >= 4 is 5.69 Å². The molecule has 1 heterocycles. The Kier molecular flexibility index (Phi) is 6.86. The van der Waals surface area contributed by atoms with Crippen molar-refractivity contribution < 1.29 is 9.47 Å². The van der Waals surface area contributed by atoms with E-state index in [2.05, 4.69) is 86.7 Å². The molecule has 3 rings (SSSR count). The molecule has 1 saturated heterocycles. The Morgan fingerprint density at radius 2 is 1.72 bits per heavy atom. The Morgan fingerprint density at radius 1 is 1.03 bits per heavy atom. The first-order valence-electron chi connectivity index (χ1n) is 10.6. The summed E-state index contributed by atoms with van der Waals surface area (Å²) in [7, 11) is 5.86. The van der Waals surface area contributed by atoms with Gasteiger partial charge in [0.15, 0.2) is 0 Å². The summed E-state index contributed by atoms with van der Waals surface area (Å²) in [6, 6.07) is 17.4. The van der Waals surface area contributed by atoms with Crippen molar-refractivity contribution in [1.82, 2.24) is 5.32 Å². The van der Waals surface area contributed by atoms with E-state index in [1.807, 2.05) is 0 Å². The van der Waals surface area contributed by atoms with Gasteiger partial charge in [0, 0.05) is 38.3 Å². The van der Waals surface area contributed by atoms with Crippen molar-refractivity contribution in [3.05, 3.63) is 59.7 Å². The van der Waals surface area contributed by atoms with Gasteiger partial charge in [-0.3, -0.25) is 0 Å². The zero-order chi connectivity index (χ0) is 20.9. The smallest absolute Gasteiger partial charge is 0.118 e. The molecule has 0 bridgehead atoms. The minimum Gasteiger partial charge on any atom is -0.497 e. The van der Waals surface area contributed by atoms with Crippen LogP contribution in [-0.4, -0.2) is 40.0 Å². The number of hydrogen-bond acceptors (Lipinski definition) is 4. The van der Waals surface area contributed by atoms with Gasteiger partial charge >= 0.3 is 0 Å². The average Bonchev–Trinajstić information content (AvgIpc) is 2.71. The average molecular weight is 397 g/mol. The van der Waals surface area contributed by atoms with Crippen LogP contribution in [0.25, 0.3) is 0 Å². The Balaban J connectivity index is 1.65. The maximum absolute atomic E-state index is 6.04. The fourth-order valence-corrected chi connectivity index (χ4v) is 4.50. The van der Waals surface area contributed by atoms with Gasteiger partial charge in [-0.2, -0.15) is 0 Å². The highest BCUT2D eigenvalue weighted by Gasteiger charge is 2.41. The molecule has 158 valence electrons. The largest absolute Gasteiger partial charge is 0.497 e. The molecular weight excluding hydrogens is 360 g/mol. The normalized spacial score (nSPS) is 21.0. The number of rotatable bonds is 8. The van der Waals surface area contributed by atoms with Crippen LogP contribution in [0.15, 0.2) is 48.5 Å². The number of hydrogen-bond donors (Lipinski definition) is 1. The van der Waals surface area contributed by atoms with E-state index in [0.717, 1.165) is 44.7 Å². The summed E-state index contributed by atoms with van der Waals surface area (Å²) in [6.45, 7) is 7.11. The standard InChI is InChI=1S/C25H36N2O2/c1-24(2)19-25(15-17-29-24,21-8-12-23(28-5)13-9-21)14-16-26-18-20-6-10-22(11-7-20)27(3)4/h6-13,26H,14-19H2,1-5H3/t25-/m0/s1. The van der Waals surface area contributed by atoms with Crippen LogP contribution in [0.4, 0.5) is 5.69 Å². The van der Waals surface area contributed by atoms with E-state index in [1.54, 1.807) is 7.11 Å².